The van der Waals surface area contributed by atoms with E-state index in [1.807, 2.05) is 0 Å². The lowest BCUT2D eigenvalue weighted by Crippen LogP contribution is -2.22. The first kappa shape index (κ1) is 21.5. The molecule has 1 atom stereocenters. The van der Waals surface area contributed by atoms with Gasteiger partial charge in [0.25, 0.3) is 5.91 Å². The summed E-state index contributed by atoms with van der Waals surface area (Å²) in [6.45, 7) is 1.62. The van der Waals surface area contributed by atoms with Crippen LogP contribution >= 0.6 is 0 Å². The third-order valence-electron chi connectivity index (χ3n) is 4.54. The van der Waals surface area contributed by atoms with Crippen molar-refractivity contribution in [3.05, 3.63) is 46.5 Å². The van der Waals surface area contributed by atoms with Crippen LogP contribution < -0.4 is 25.7 Å². The van der Waals surface area contributed by atoms with Crippen LogP contribution in [0.25, 0.3) is 0 Å². The molecular formula is C20H21N5O6. The number of aromatic amines is 1. The van der Waals surface area contributed by atoms with Crippen LogP contribution in [-0.4, -0.2) is 42.4 Å². The quantitative estimate of drug-likeness (QED) is 0.509. The number of hydrogen-bond donors (Lipinski definition) is 3. The monoisotopic (exact) mass is 427 g/mol. The molecule has 1 amide bonds. The Bertz CT molecular complexity index is 1080. The molecule has 0 unspecified atom stereocenters. The summed E-state index contributed by atoms with van der Waals surface area (Å²) in [5.74, 6) is -1.09. The highest BCUT2D eigenvalue weighted by Crippen LogP contribution is 2.44. The van der Waals surface area contributed by atoms with Gasteiger partial charge in [0.15, 0.2) is 18.1 Å². The molecule has 1 aromatic carbocycles. The normalized spacial score (nSPS) is 14.8. The summed E-state index contributed by atoms with van der Waals surface area (Å²) < 4.78 is 21.2. The van der Waals surface area contributed by atoms with Gasteiger partial charge in [0, 0.05) is 0 Å². The minimum Gasteiger partial charge on any atom is -0.493 e. The summed E-state index contributed by atoms with van der Waals surface area (Å²) >= 11 is 0. The minimum absolute atomic E-state index is 0.0917. The van der Waals surface area contributed by atoms with Crippen molar-refractivity contribution in [2.24, 2.45) is 11.5 Å². The molecule has 3 rings (SSSR count). The number of H-pyrrole nitrogens is 1. The van der Waals surface area contributed by atoms with E-state index in [4.69, 9.17) is 30.4 Å². The smallest absolute Gasteiger partial charge is 0.311 e. The van der Waals surface area contributed by atoms with E-state index in [9.17, 15) is 14.9 Å². The van der Waals surface area contributed by atoms with Crippen LogP contribution in [0.2, 0.25) is 0 Å². The molecule has 31 heavy (non-hydrogen) atoms. The zero-order chi connectivity index (χ0) is 22.5. The molecule has 1 aromatic heterocycles. The Hall–Kier alpha value is -4.20. The Balaban J connectivity index is 2.07. The molecule has 0 spiro atoms. The number of nitrogens with zero attached hydrogens (tertiary/aromatic N) is 2. The number of nitrogens with one attached hydrogen (secondary N) is 1. The molecule has 0 radical (unpaired) electrons. The van der Waals surface area contributed by atoms with Gasteiger partial charge < -0.3 is 30.4 Å². The van der Waals surface area contributed by atoms with Crippen LogP contribution in [0.3, 0.4) is 0 Å². The van der Waals surface area contributed by atoms with Crippen molar-refractivity contribution in [2.75, 3.05) is 20.3 Å². The molecule has 11 nitrogen and oxygen atoms in total. The van der Waals surface area contributed by atoms with Crippen molar-refractivity contribution in [2.45, 2.75) is 19.3 Å². The van der Waals surface area contributed by atoms with Crippen LogP contribution in [0.5, 0.6) is 17.4 Å². The van der Waals surface area contributed by atoms with Gasteiger partial charge in [-0.3, -0.25) is 14.7 Å². The van der Waals surface area contributed by atoms with Gasteiger partial charge in [-0.05, 0) is 24.6 Å². The number of esters is 1. The number of nitrogens with two attached hydrogens (primary N) is 2. The van der Waals surface area contributed by atoms with Crippen LogP contribution in [0.15, 0.2) is 29.7 Å². The topological polar surface area (TPSA) is 176 Å². The Kier molecular flexibility index (Phi) is 6.30. The fraction of sp³-hybridized carbons (Fsp3) is 0.300. The first-order chi connectivity index (χ1) is 14.9. The Morgan fingerprint density at radius 2 is 2.13 bits per heavy atom. The number of carbonyl (C=O) groups is 2. The highest BCUT2D eigenvalue weighted by atomic mass is 16.5. The standard InChI is InChI=1S/C20H21N5O6/c1-3-29-16(27)7-12-18-17(11(8-21)19(23)31-20(18)25-24-12)10-4-5-13(14(6-10)28-2)30-9-15(22)26/h4-6,17H,3,7,9,23H2,1-2H3,(H2,22,26)(H,24,25)/t17-/m1/s1. The van der Waals surface area contributed by atoms with Crippen LogP contribution in [0, 0.1) is 11.3 Å². The lowest BCUT2D eigenvalue weighted by molar-refractivity contribution is -0.142. The summed E-state index contributed by atoms with van der Waals surface area (Å²) in [7, 11) is 1.44. The highest BCUT2D eigenvalue weighted by molar-refractivity contribution is 5.75. The number of benzene rings is 1. The summed E-state index contributed by atoms with van der Waals surface area (Å²) in [4.78, 5) is 23.1. The molecule has 1 aliphatic rings. The fourth-order valence-corrected chi connectivity index (χ4v) is 3.26. The predicted octanol–water partition coefficient (Wildman–Crippen LogP) is 0.606. The molecule has 11 heteroatoms. The summed E-state index contributed by atoms with van der Waals surface area (Å²) in [5.41, 5.74) is 12.8. The second-order valence-electron chi connectivity index (χ2n) is 6.49. The Morgan fingerprint density at radius 3 is 2.77 bits per heavy atom. The lowest BCUT2D eigenvalue weighted by atomic mass is 9.83. The fourth-order valence-electron chi connectivity index (χ4n) is 3.26. The molecule has 0 saturated carbocycles. The van der Waals surface area contributed by atoms with Gasteiger partial charge in [-0.2, -0.15) is 5.26 Å². The number of primary amides is 1. The maximum atomic E-state index is 12.0. The first-order valence-corrected chi connectivity index (χ1v) is 9.28. The molecule has 2 heterocycles. The van der Waals surface area contributed by atoms with E-state index in [2.05, 4.69) is 16.3 Å². The van der Waals surface area contributed by atoms with Crippen molar-refractivity contribution < 1.29 is 28.5 Å². The van der Waals surface area contributed by atoms with Gasteiger partial charge >= 0.3 is 5.97 Å². The largest absolute Gasteiger partial charge is 0.493 e. The van der Waals surface area contributed by atoms with Gasteiger partial charge in [-0.25, -0.2) is 0 Å². The number of aromatic nitrogens is 2. The molecule has 2 aromatic rings. The average molecular weight is 427 g/mol. The van der Waals surface area contributed by atoms with E-state index >= 15 is 0 Å². The molecular weight excluding hydrogens is 406 g/mol. The zero-order valence-corrected chi connectivity index (χ0v) is 16.9. The molecule has 0 aliphatic carbocycles. The summed E-state index contributed by atoms with van der Waals surface area (Å²) in [5, 5.41) is 16.6. The second-order valence-corrected chi connectivity index (χ2v) is 6.49. The van der Waals surface area contributed by atoms with Crippen molar-refractivity contribution in [1.82, 2.24) is 10.2 Å². The number of rotatable bonds is 8. The van der Waals surface area contributed by atoms with Crippen molar-refractivity contribution >= 4 is 11.9 Å². The summed E-state index contributed by atoms with van der Waals surface area (Å²) in [6, 6.07) is 6.98. The van der Waals surface area contributed by atoms with E-state index in [1.54, 1.807) is 25.1 Å². The second kappa shape index (κ2) is 9.08. The number of methoxy groups -OCH3 is 1. The Morgan fingerprint density at radius 1 is 1.35 bits per heavy atom. The molecule has 5 N–H and O–H groups in total. The van der Waals surface area contributed by atoms with E-state index in [0.717, 1.165) is 0 Å². The van der Waals surface area contributed by atoms with Gasteiger partial charge in [0.2, 0.25) is 11.8 Å². The van der Waals surface area contributed by atoms with E-state index in [-0.39, 0.29) is 37.0 Å². The van der Waals surface area contributed by atoms with Crippen LogP contribution in [0.4, 0.5) is 0 Å². The maximum Gasteiger partial charge on any atom is 0.311 e. The molecule has 0 saturated heterocycles. The number of hydrogen-bond acceptors (Lipinski definition) is 9. The average Bonchev–Trinajstić information content (AvgIpc) is 3.12. The van der Waals surface area contributed by atoms with Crippen molar-refractivity contribution in [3.63, 3.8) is 0 Å². The molecule has 0 bridgehead atoms. The van der Waals surface area contributed by atoms with Gasteiger partial charge in [-0.15, -0.1) is 5.10 Å². The third-order valence-corrected chi connectivity index (χ3v) is 4.54. The van der Waals surface area contributed by atoms with Gasteiger partial charge in [0.1, 0.15) is 11.6 Å². The van der Waals surface area contributed by atoms with Gasteiger partial charge in [-0.1, -0.05) is 6.07 Å². The number of fused-ring (bicyclic) bond motifs is 1. The molecule has 162 valence electrons. The number of ether oxygens (including phenoxy) is 4. The molecule has 0 fully saturated rings. The first-order valence-electron chi connectivity index (χ1n) is 9.28. The Labute approximate surface area is 177 Å². The number of carbonyl (C=O) groups excluding carboxylic acids is 2. The SMILES string of the molecule is CCOC(=O)Cc1[nH]nc2c1[C@H](c1ccc(OCC(N)=O)c(OC)c1)C(C#N)=C(N)O2. The van der Waals surface area contributed by atoms with Crippen LogP contribution in [0.1, 0.15) is 29.7 Å². The van der Waals surface area contributed by atoms with E-state index in [1.165, 1.54) is 7.11 Å². The minimum atomic E-state index is -0.684. The van der Waals surface area contributed by atoms with Crippen molar-refractivity contribution in [1.29, 1.82) is 5.26 Å². The van der Waals surface area contributed by atoms with Gasteiger partial charge in [0.05, 0.1) is 37.3 Å². The number of allylic oxidation sites excluding steroid dienone is 1. The predicted molar refractivity (Wildman–Crippen MR) is 106 cm³/mol. The number of amides is 1. The highest BCUT2D eigenvalue weighted by Gasteiger charge is 2.36. The van der Waals surface area contributed by atoms with E-state index < -0.39 is 17.8 Å². The number of nitriles is 1. The van der Waals surface area contributed by atoms with Crippen molar-refractivity contribution in [3.8, 4) is 23.4 Å². The zero-order valence-electron chi connectivity index (χ0n) is 16.9. The lowest BCUT2D eigenvalue weighted by Gasteiger charge is -2.24. The maximum absolute atomic E-state index is 12.0. The summed E-state index contributed by atoms with van der Waals surface area (Å²) in [6.07, 6.45) is -0.0917. The molecule has 1 aliphatic heterocycles. The van der Waals surface area contributed by atoms with E-state index in [0.29, 0.717) is 28.3 Å². The van der Waals surface area contributed by atoms with Crippen LogP contribution in [-0.2, 0) is 20.7 Å². The third kappa shape index (κ3) is 4.37.